The molecule has 232 valence electrons. The molecule has 1 N–H and O–H groups in total. The van der Waals surface area contributed by atoms with Gasteiger partial charge in [-0.05, 0) is 116 Å². The third kappa shape index (κ3) is 5.99. The Hall–Kier alpha value is -2.07. The van der Waals surface area contributed by atoms with Crippen LogP contribution in [0.5, 0.6) is 0 Å². The SMILES string of the molecule is CO[C@H]1C2=C[C@@H](C2)[C@H](C)[C@@H](C)S(=O)(=O)NC(=O)c2ccc3c(c2)N(Cc2ccc(Cl)c(F)c2CCCCS3)C[C@@H]2CC[C@H]21. The Bertz CT molecular complexity index is 1550. The van der Waals surface area contributed by atoms with Crippen molar-refractivity contribution in [2.45, 2.75) is 75.2 Å². The van der Waals surface area contributed by atoms with Crippen LogP contribution in [0.1, 0.15) is 67.4 Å². The van der Waals surface area contributed by atoms with Gasteiger partial charge in [-0.1, -0.05) is 30.7 Å². The van der Waals surface area contributed by atoms with Crippen molar-refractivity contribution in [2.24, 2.45) is 23.7 Å². The molecule has 4 bridgehead atoms. The number of nitrogens with zero attached hydrogens (tertiary/aromatic N) is 1. The molecule has 1 saturated carbocycles. The predicted octanol–water partition coefficient (Wildman–Crippen LogP) is 7.00. The van der Waals surface area contributed by atoms with E-state index in [1.807, 2.05) is 25.1 Å². The number of carbonyl (C=O) groups excluding carboxylic acids is 1. The standard InChI is InChI=1S/C33H40ClFN2O4S2/c1-19-20(2)43(39,40)36-33(38)21-9-12-30-29(16-21)37(18-23-7-10-27(23)32(41-3)25-14-24(19)15-25)17-22-8-11-28(34)31(35)26(22)6-4-5-13-42-30/h8-9,11-12,14,16,19-20,23-24,27,32H,4-7,10,13,15,17-18H2,1-3H3,(H,36,38)/t19-,20-,23+,24+,27-,32+/m1/s1. The lowest BCUT2D eigenvalue weighted by Crippen LogP contribution is -2.47. The highest BCUT2D eigenvalue weighted by Crippen LogP contribution is 2.47. The van der Waals surface area contributed by atoms with Crippen LogP contribution in [-0.4, -0.2) is 45.1 Å². The molecule has 5 aliphatic rings. The highest BCUT2D eigenvalue weighted by molar-refractivity contribution is 7.99. The maximum absolute atomic E-state index is 15.4. The van der Waals surface area contributed by atoms with E-state index >= 15 is 4.39 Å². The Labute approximate surface area is 263 Å². The third-order valence-electron chi connectivity index (χ3n) is 10.3. The third-order valence-corrected chi connectivity index (χ3v) is 13.6. The summed E-state index contributed by atoms with van der Waals surface area (Å²) in [6.07, 6.45) is 7.48. The zero-order valence-corrected chi connectivity index (χ0v) is 27.3. The molecule has 10 heteroatoms. The zero-order valence-electron chi connectivity index (χ0n) is 24.9. The van der Waals surface area contributed by atoms with Crippen molar-refractivity contribution < 1.29 is 22.3 Å². The molecular formula is C33H40ClFN2O4S2. The molecule has 2 aromatic carbocycles. The summed E-state index contributed by atoms with van der Waals surface area (Å²) >= 11 is 7.96. The first kappa shape index (κ1) is 30.9. The second kappa shape index (κ2) is 12.4. The van der Waals surface area contributed by atoms with Crippen molar-refractivity contribution >= 4 is 45.0 Å². The summed E-state index contributed by atoms with van der Waals surface area (Å²) in [5.41, 5.74) is 3.95. The summed E-state index contributed by atoms with van der Waals surface area (Å²) in [5, 5.41) is -0.607. The van der Waals surface area contributed by atoms with Gasteiger partial charge in [-0.3, -0.25) is 4.79 Å². The lowest BCUT2D eigenvalue weighted by Gasteiger charge is -2.47. The van der Waals surface area contributed by atoms with Crippen molar-refractivity contribution in [1.82, 2.24) is 4.72 Å². The van der Waals surface area contributed by atoms with Crippen molar-refractivity contribution in [3.05, 3.63) is 69.5 Å². The smallest absolute Gasteiger partial charge is 0.264 e. The fraction of sp³-hybridized carbons (Fsp3) is 0.545. The van der Waals surface area contributed by atoms with E-state index < -0.39 is 21.2 Å². The number of benzene rings is 2. The van der Waals surface area contributed by atoms with Gasteiger partial charge in [0.2, 0.25) is 10.0 Å². The molecule has 1 amide bonds. The van der Waals surface area contributed by atoms with Gasteiger partial charge in [-0.15, -0.1) is 11.8 Å². The van der Waals surface area contributed by atoms with Gasteiger partial charge in [0.15, 0.2) is 0 Å². The molecule has 0 saturated heterocycles. The van der Waals surface area contributed by atoms with Gasteiger partial charge in [0.1, 0.15) is 5.82 Å². The highest BCUT2D eigenvalue weighted by Gasteiger charge is 2.44. The van der Waals surface area contributed by atoms with Crippen LogP contribution in [0.3, 0.4) is 0 Å². The van der Waals surface area contributed by atoms with Gasteiger partial charge in [0.25, 0.3) is 5.91 Å². The number of rotatable bonds is 1. The van der Waals surface area contributed by atoms with E-state index in [0.717, 1.165) is 60.5 Å². The first-order chi connectivity index (χ1) is 20.6. The van der Waals surface area contributed by atoms with Gasteiger partial charge in [0.05, 0.1) is 22.1 Å². The average Bonchev–Trinajstić information content (AvgIpc) is 2.97. The van der Waals surface area contributed by atoms with Crippen LogP contribution >= 0.6 is 23.4 Å². The van der Waals surface area contributed by atoms with Gasteiger partial charge < -0.3 is 9.64 Å². The number of hydrogen-bond donors (Lipinski definition) is 1. The van der Waals surface area contributed by atoms with E-state index in [1.54, 1.807) is 37.9 Å². The van der Waals surface area contributed by atoms with Crippen LogP contribution in [0.2, 0.25) is 5.02 Å². The van der Waals surface area contributed by atoms with Crippen LogP contribution in [0, 0.1) is 29.5 Å². The van der Waals surface area contributed by atoms with Crippen LogP contribution in [0.4, 0.5) is 10.1 Å². The number of allylic oxidation sites excluding steroid dienone is 1. The number of nitrogens with one attached hydrogen (secondary N) is 1. The van der Waals surface area contributed by atoms with E-state index in [0.29, 0.717) is 35.9 Å². The Morgan fingerprint density at radius 1 is 1.14 bits per heavy atom. The van der Waals surface area contributed by atoms with E-state index in [1.165, 1.54) is 5.57 Å². The van der Waals surface area contributed by atoms with Crippen LogP contribution < -0.4 is 9.62 Å². The molecular weight excluding hydrogens is 607 g/mol. The van der Waals surface area contributed by atoms with Gasteiger partial charge in [0, 0.05) is 30.7 Å². The minimum Gasteiger partial charge on any atom is -0.377 e. The van der Waals surface area contributed by atoms with Crippen LogP contribution in [0.15, 0.2) is 46.9 Å². The summed E-state index contributed by atoms with van der Waals surface area (Å²) in [6.45, 7) is 4.81. The number of carbonyl (C=O) groups is 1. The molecule has 3 aliphatic heterocycles. The number of thioether (sulfide) groups is 1. The Morgan fingerprint density at radius 2 is 1.93 bits per heavy atom. The van der Waals surface area contributed by atoms with Crippen molar-refractivity contribution in [2.75, 3.05) is 24.3 Å². The predicted molar refractivity (Wildman–Crippen MR) is 171 cm³/mol. The molecule has 6 nitrogen and oxygen atoms in total. The second-order valence-electron chi connectivity index (χ2n) is 12.7. The minimum absolute atomic E-state index is 0.00521. The van der Waals surface area contributed by atoms with Crippen LogP contribution in [0.25, 0.3) is 0 Å². The fourth-order valence-electron chi connectivity index (χ4n) is 7.20. The minimum atomic E-state index is -3.92. The number of amides is 1. The molecule has 43 heavy (non-hydrogen) atoms. The quantitative estimate of drug-likeness (QED) is 0.336. The Balaban J connectivity index is 1.47. The van der Waals surface area contributed by atoms with Crippen molar-refractivity contribution in [1.29, 1.82) is 0 Å². The van der Waals surface area contributed by atoms with Crippen LogP contribution in [-0.2, 0) is 27.7 Å². The first-order valence-corrected chi connectivity index (χ1v) is 18.2. The number of methoxy groups -OCH3 is 1. The highest BCUT2D eigenvalue weighted by atomic mass is 35.5. The molecule has 3 heterocycles. The number of ether oxygens (including phenoxy) is 1. The molecule has 0 spiro atoms. The van der Waals surface area contributed by atoms with E-state index in [4.69, 9.17) is 16.3 Å². The lowest BCUT2D eigenvalue weighted by atomic mass is 9.64. The lowest BCUT2D eigenvalue weighted by molar-refractivity contribution is -0.000334. The molecule has 0 radical (unpaired) electrons. The number of fused-ring (bicyclic) bond motifs is 5. The fourth-order valence-corrected chi connectivity index (χ4v) is 9.77. The second-order valence-corrected chi connectivity index (χ2v) is 16.3. The number of sulfonamides is 1. The summed E-state index contributed by atoms with van der Waals surface area (Å²) < 4.78 is 50.6. The first-order valence-electron chi connectivity index (χ1n) is 15.3. The monoisotopic (exact) mass is 646 g/mol. The molecule has 7 rings (SSSR count). The number of anilines is 1. The molecule has 2 aliphatic carbocycles. The largest absolute Gasteiger partial charge is 0.377 e. The number of halogens is 2. The maximum atomic E-state index is 15.4. The molecule has 2 aromatic rings. The molecule has 6 atom stereocenters. The Kier molecular flexibility index (Phi) is 8.90. The average molecular weight is 647 g/mol. The van der Waals surface area contributed by atoms with Gasteiger partial charge in [-0.2, -0.15) is 0 Å². The summed E-state index contributed by atoms with van der Waals surface area (Å²) in [6, 6.07) is 9.02. The van der Waals surface area contributed by atoms with Gasteiger partial charge in [-0.25, -0.2) is 17.5 Å². The van der Waals surface area contributed by atoms with E-state index in [9.17, 15) is 13.2 Å². The topological polar surface area (TPSA) is 75.7 Å². The summed E-state index contributed by atoms with van der Waals surface area (Å²) in [5.74, 6) is 0.532. The van der Waals surface area contributed by atoms with Gasteiger partial charge >= 0.3 is 0 Å². The van der Waals surface area contributed by atoms with E-state index in [-0.39, 0.29) is 28.8 Å². The molecule has 1 fully saturated rings. The molecule has 0 aromatic heterocycles. The maximum Gasteiger partial charge on any atom is 0.264 e. The molecule has 0 unspecified atom stereocenters. The summed E-state index contributed by atoms with van der Waals surface area (Å²) in [7, 11) is -2.15. The Morgan fingerprint density at radius 3 is 2.65 bits per heavy atom. The van der Waals surface area contributed by atoms with Crippen molar-refractivity contribution in [3.63, 3.8) is 0 Å². The summed E-state index contributed by atoms with van der Waals surface area (Å²) in [4.78, 5) is 16.8. The zero-order chi connectivity index (χ0) is 30.5. The normalized spacial score (nSPS) is 30.8. The van der Waals surface area contributed by atoms with E-state index in [2.05, 4.69) is 15.7 Å². The number of hydrogen-bond acceptors (Lipinski definition) is 6. The van der Waals surface area contributed by atoms with Crippen molar-refractivity contribution in [3.8, 4) is 0 Å².